The number of phenolic OH excluding ortho intramolecular Hbond substituents is 1. The minimum absolute atomic E-state index is 0.00158. The minimum atomic E-state index is -3.93. The molecule has 4 aromatic rings. The summed E-state index contributed by atoms with van der Waals surface area (Å²) >= 11 is 1.15. The third-order valence-electron chi connectivity index (χ3n) is 5.47. The van der Waals surface area contributed by atoms with Crippen molar-refractivity contribution in [1.82, 2.24) is 14.3 Å². The van der Waals surface area contributed by atoms with Crippen LogP contribution in [-0.4, -0.2) is 62.5 Å². The number of rotatable bonds is 7. The summed E-state index contributed by atoms with van der Waals surface area (Å²) in [5.41, 5.74) is 0.256. The number of sulfonamides is 2. The number of morpholine rings is 1. The molecule has 192 valence electrons. The van der Waals surface area contributed by atoms with Crippen molar-refractivity contribution < 1.29 is 26.7 Å². The predicted octanol–water partition coefficient (Wildman–Crippen LogP) is 3.63. The summed E-state index contributed by atoms with van der Waals surface area (Å²) in [6.45, 7) is 0.971. The number of nitrogens with one attached hydrogen (secondary N) is 1. The van der Waals surface area contributed by atoms with E-state index in [0.717, 1.165) is 11.3 Å². The summed E-state index contributed by atoms with van der Waals surface area (Å²) in [6.07, 6.45) is 2.92. The molecule has 12 nitrogen and oxygen atoms in total. The van der Waals surface area contributed by atoms with Crippen LogP contribution in [0.3, 0.4) is 0 Å². The van der Waals surface area contributed by atoms with E-state index in [1.807, 2.05) is 0 Å². The Morgan fingerprint density at radius 2 is 1.76 bits per heavy atom. The molecule has 1 aliphatic rings. The van der Waals surface area contributed by atoms with Gasteiger partial charge in [-0.05, 0) is 42.5 Å². The van der Waals surface area contributed by atoms with Crippen molar-refractivity contribution in [3.8, 4) is 5.75 Å². The van der Waals surface area contributed by atoms with Crippen molar-refractivity contribution in [2.45, 2.75) is 9.79 Å². The summed E-state index contributed by atoms with van der Waals surface area (Å²) in [5.74, 6) is -0.327. The van der Waals surface area contributed by atoms with Crippen molar-refractivity contribution in [3.05, 3.63) is 60.2 Å². The first-order valence-corrected chi connectivity index (χ1v) is 14.7. The molecule has 0 bridgehead atoms. The van der Waals surface area contributed by atoms with Gasteiger partial charge < -0.3 is 9.84 Å². The minimum Gasteiger partial charge on any atom is -0.504 e. The molecule has 0 aliphatic carbocycles. The zero-order valence-corrected chi connectivity index (χ0v) is 21.5. The number of hydrogen-bond acceptors (Lipinski definition) is 11. The van der Waals surface area contributed by atoms with Gasteiger partial charge in [0.1, 0.15) is 11.2 Å². The van der Waals surface area contributed by atoms with E-state index >= 15 is 0 Å². The van der Waals surface area contributed by atoms with Gasteiger partial charge in [-0.25, -0.2) is 21.8 Å². The molecular formula is C22H20N6O6S3. The standard InChI is InChI=1S/C22H20N6O6S3/c29-21-18(26-25-15-3-5-16(6-4-15)36(30,31)27-22-24-8-13-35-22)14-19(17-2-1-7-23-20(17)21)37(32,33)28-9-11-34-12-10-28/h1-8,13-14,29H,9-12H2,(H,24,27). The van der Waals surface area contributed by atoms with Crippen LogP contribution in [0, 0.1) is 0 Å². The number of phenols is 1. The van der Waals surface area contributed by atoms with Gasteiger partial charge in [-0.3, -0.25) is 9.71 Å². The number of fused-ring (bicyclic) bond motifs is 1. The third kappa shape index (κ3) is 5.17. The summed E-state index contributed by atoms with van der Waals surface area (Å²) in [6, 6.07) is 9.96. The highest BCUT2D eigenvalue weighted by Gasteiger charge is 2.30. The number of nitrogens with zero attached hydrogens (tertiary/aromatic N) is 5. The smallest absolute Gasteiger partial charge is 0.263 e. The van der Waals surface area contributed by atoms with Gasteiger partial charge in [0.05, 0.1) is 28.7 Å². The molecule has 15 heteroatoms. The van der Waals surface area contributed by atoms with E-state index in [1.54, 1.807) is 17.5 Å². The zero-order chi connectivity index (χ0) is 26.0. The number of hydrogen-bond donors (Lipinski definition) is 2. The molecule has 3 heterocycles. The van der Waals surface area contributed by atoms with Gasteiger partial charge in [-0.2, -0.15) is 9.42 Å². The lowest BCUT2D eigenvalue weighted by Crippen LogP contribution is -2.40. The van der Waals surface area contributed by atoms with Crippen LogP contribution >= 0.6 is 11.3 Å². The molecule has 1 fully saturated rings. The number of benzene rings is 2. The molecule has 5 rings (SSSR count). The van der Waals surface area contributed by atoms with E-state index in [-0.39, 0.29) is 69.3 Å². The van der Waals surface area contributed by atoms with Crippen LogP contribution < -0.4 is 4.72 Å². The van der Waals surface area contributed by atoms with Crippen molar-refractivity contribution in [1.29, 1.82) is 0 Å². The maximum atomic E-state index is 13.4. The molecule has 1 saturated heterocycles. The fourth-order valence-corrected chi connectivity index (χ4v) is 7.05. The quantitative estimate of drug-likeness (QED) is 0.324. The molecule has 2 aromatic heterocycles. The Kier molecular flexibility index (Phi) is 6.87. The molecule has 0 saturated carbocycles. The van der Waals surface area contributed by atoms with Gasteiger partial charge in [0, 0.05) is 36.2 Å². The average Bonchev–Trinajstić information content (AvgIpc) is 3.41. The number of aromatic nitrogens is 2. The molecule has 0 radical (unpaired) electrons. The lowest BCUT2D eigenvalue weighted by atomic mass is 10.2. The van der Waals surface area contributed by atoms with E-state index in [1.165, 1.54) is 47.0 Å². The summed E-state index contributed by atoms with van der Waals surface area (Å²) < 4.78 is 60.8. The van der Waals surface area contributed by atoms with Gasteiger partial charge in [0.25, 0.3) is 10.0 Å². The highest BCUT2D eigenvalue weighted by atomic mass is 32.2. The van der Waals surface area contributed by atoms with Gasteiger partial charge in [-0.1, -0.05) is 0 Å². The van der Waals surface area contributed by atoms with Crippen molar-refractivity contribution in [3.63, 3.8) is 0 Å². The molecule has 0 spiro atoms. The number of pyridine rings is 1. The highest BCUT2D eigenvalue weighted by molar-refractivity contribution is 7.93. The molecule has 0 amide bonds. The van der Waals surface area contributed by atoms with Crippen LogP contribution in [0.15, 0.2) is 80.3 Å². The van der Waals surface area contributed by atoms with Crippen molar-refractivity contribution >= 4 is 58.8 Å². The van der Waals surface area contributed by atoms with E-state index in [9.17, 15) is 21.9 Å². The second-order valence-electron chi connectivity index (χ2n) is 7.80. The third-order valence-corrected chi connectivity index (χ3v) is 9.58. The van der Waals surface area contributed by atoms with E-state index in [4.69, 9.17) is 4.74 Å². The Labute approximate surface area is 216 Å². The molecule has 2 N–H and O–H groups in total. The maximum Gasteiger partial charge on any atom is 0.263 e. The molecule has 0 unspecified atom stereocenters. The topological polar surface area (TPSA) is 164 Å². The second kappa shape index (κ2) is 10.1. The number of anilines is 1. The maximum absolute atomic E-state index is 13.4. The SMILES string of the molecule is O=S(=O)(Nc1nccs1)c1ccc(N=Nc2cc(S(=O)(=O)N3CCOCC3)c3cccnc3c2O)cc1. The Morgan fingerprint density at radius 1 is 1.00 bits per heavy atom. The number of thiazole rings is 1. The first kappa shape index (κ1) is 25.2. The lowest BCUT2D eigenvalue weighted by Gasteiger charge is -2.26. The molecule has 37 heavy (non-hydrogen) atoms. The Hall–Kier alpha value is -3.50. The molecule has 2 aromatic carbocycles. The van der Waals surface area contributed by atoms with Crippen molar-refractivity contribution in [2.24, 2.45) is 10.2 Å². The summed E-state index contributed by atoms with van der Waals surface area (Å²) in [7, 11) is -7.77. The van der Waals surface area contributed by atoms with Gasteiger partial charge >= 0.3 is 0 Å². The Morgan fingerprint density at radius 3 is 2.46 bits per heavy atom. The van der Waals surface area contributed by atoms with Gasteiger partial charge in [0.2, 0.25) is 10.0 Å². The normalized spacial score (nSPS) is 15.4. The Bertz CT molecular complexity index is 1670. The fraction of sp³-hybridized carbons (Fsp3) is 0.182. The van der Waals surface area contributed by atoms with Crippen LogP contribution in [0.25, 0.3) is 10.9 Å². The van der Waals surface area contributed by atoms with E-state index in [0.29, 0.717) is 0 Å². The monoisotopic (exact) mass is 560 g/mol. The van der Waals surface area contributed by atoms with Crippen LogP contribution in [0.1, 0.15) is 0 Å². The first-order valence-electron chi connectivity index (χ1n) is 10.9. The fourth-order valence-electron chi connectivity index (χ4n) is 3.65. The lowest BCUT2D eigenvalue weighted by molar-refractivity contribution is 0.0730. The number of aromatic hydroxyl groups is 1. The first-order chi connectivity index (χ1) is 17.8. The van der Waals surface area contributed by atoms with Crippen LogP contribution in [0.5, 0.6) is 5.75 Å². The second-order valence-corrected chi connectivity index (χ2v) is 12.3. The van der Waals surface area contributed by atoms with E-state index in [2.05, 4.69) is 24.9 Å². The van der Waals surface area contributed by atoms with Crippen LogP contribution in [0.2, 0.25) is 0 Å². The predicted molar refractivity (Wildman–Crippen MR) is 137 cm³/mol. The van der Waals surface area contributed by atoms with Crippen molar-refractivity contribution in [2.75, 3.05) is 31.0 Å². The van der Waals surface area contributed by atoms with Crippen LogP contribution in [0.4, 0.5) is 16.5 Å². The number of ether oxygens (including phenoxy) is 1. The average molecular weight is 561 g/mol. The van der Waals surface area contributed by atoms with E-state index < -0.39 is 20.0 Å². The van der Waals surface area contributed by atoms with Gasteiger partial charge in [-0.15, -0.1) is 16.5 Å². The number of azo groups is 1. The molecule has 1 aliphatic heterocycles. The Balaban J connectivity index is 1.47. The zero-order valence-electron chi connectivity index (χ0n) is 19.1. The van der Waals surface area contributed by atoms with Crippen LogP contribution in [-0.2, 0) is 24.8 Å². The van der Waals surface area contributed by atoms with Gasteiger partial charge in [0.15, 0.2) is 10.9 Å². The summed E-state index contributed by atoms with van der Waals surface area (Å²) in [4.78, 5) is 7.99. The molecule has 0 atom stereocenters. The highest BCUT2D eigenvalue weighted by Crippen LogP contribution is 2.39. The largest absolute Gasteiger partial charge is 0.504 e. The summed E-state index contributed by atoms with van der Waals surface area (Å²) in [5, 5.41) is 21.0. The molecular weight excluding hydrogens is 540 g/mol.